The van der Waals surface area contributed by atoms with E-state index in [1.807, 2.05) is 12.1 Å². The fraction of sp³-hybridized carbons (Fsp3) is 0.500. The van der Waals surface area contributed by atoms with Gasteiger partial charge in [-0.3, -0.25) is 0 Å². The third-order valence-corrected chi connectivity index (χ3v) is 2.47. The monoisotopic (exact) mass is 195 g/mol. The molecule has 0 amide bonds. The minimum Gasteiger partial charge on any atom is -0.330 e. The van der Waals surface area contributed by atoms with Crippen molar-refractivity contribution in [1.29, 1.82) is 0 Å². The third-order valence-electron chi connectivity index (χ3n) is 2.47. The molecule has 0 aromatic heterocycles. The quantitative estimate of drug-likeness (QED) is 0.768. The minimum absolute atomic E-state index is 0.173. The summed E-state index contributed by atoms with van der Waals surface area (Å²) in [4.78, 5) is 0. The molecule has 2 N–H and O–H groups in total. The molecule has 1 atom stereocenters. The predicted octanol–water partition coefficient (Wildman–Crippen LogP) is 2.74. The number of hydrogen-bond acceptors (Lipinski definition) is 1. The highest BCUT2D eigenvalue weighted by Crippen LogP contribution is 2.13. The van der Waals surface area contributed by atoms with E-state index in [0.717, 1.165) is 19.3 Å². The molecule has 0 saturated heterocycles. The van der Waals surface area contributed by atoms with Gasteiger partial charge in [0, 0.05) is 0 Å². The van der Waals surface area contributed by atoms with E-state index in [9.17, 15) is 4.39 Å². The summed E-state index contributed by atoms with van der Waals surface area (Å²) in [5.41, 5.74) is 6.84. The van der Waals surface area contributed by atoms with E-state index in [0.29, 0.717) is 12.5 Å². The Labute approximate surface area is 85.1 Å². The first-order chi connectivity index (χ1) is 6.76. The maximum atomic E-state index is 12.6. The molecule has 0 radical (unpaired) electrons. The zero-order valence-electron chi connectivity index (χ0n) is 8.67. The van der Waals surface area contributed by atoms with Crippen LogP contribution in [0.2, 0.25) is 0 Å². The molecule has 0 saturated carbocycles. The lowest BCUT2D eigenvalue weighted by Crippen LogP contribution is -2.16. The van der Waals surface area contributed by atoms with Gasteiger partial charge in [-0.2, -0.15) is 0 Å². The standard InChI is InChI=1S/C12H18FN/c1-2-3-11(9-14)8-10-4-6-12(13)7-5-10/h4-7,11H,2-3,8-9,14H2,1H3. The second-order valence-electron chi connectivity index (χ2n) is 3.72. The fourth-order valence-electron chi connectivity index (χ4n) is 1.67. The molecule has 1 nitrogen and oxygen atoms in total. The van der Waals surface area contributed by atoms with Gasteiger partial charge in [-0.15, -0.1) is 0 Å². The second-order valence-corrected chi connectivity index (χ2v) is 3.72. The van der Waals surface area contributed by atoms with Crippen LogP contribution in [-0.2, 0) is 6.42 Å². The number of hydrogen-bond donors (Lipinski definition) is 1. The molecule has 1 aromatic carbocycles. The van der Waals surface area contributed by atoms with E-state index in [2.05, 4.69) is 6.92 Å². The van der Waals surface area contributed by atoms with Crippen LogP contribution in [0.5, 0.6) is 0 Å². The maximum absolute atomic E-state index is 12.6. The topological polar surface area (TPSA) is 26.0 Å². The van der Waals surface area contributed by atoms with Crippen LogP contribution in [0.1, 0.15) is 25.3 Å². The van der Waals surface area contributed by atoms with E-state index in [1.165, 1.54) is 17.7 Å². The van der Waals surface area contributed by atoms with Gasteiger partial charge in [0.15, 0.2) is 0 Å². The Balaban J connectivity index is 2.53. The van der Waals surface area contributed by atoms with E-state index >= 15 is 0 Å². The van der Waals surface area contributed by atoms with Crippen LogP contribution in [-0.4, -0.2) is 6.54 Å². The maximum Gasteiger partial charge on any atom is 0.123 e. The Morgan fingerprint density at radius 2 is 1.93 bits per heavy atom. The van der Waals surface area contributed by atoms with Crippen LogP contribution < -0.4 is 5.73 Å². The van der Waals surface area contributed by atoms with Crippen molar-refractivity contribution in [1.82, 2.24) is 0 Å². The summed E-state index contributed by atoms with van der Waals surface area (Å²) < 4.78 is 12.6. The molecular weight excluding hydrogens is 177 g/mol. The van der Waals surface area contributed by atoms with Gasteiger partial charge < -0.3 is 5.73 Å². The van der Waals surface area contributed by atoms with E-state index in [1.54, 1.807) is 0 Å². The molecule has 78 valence electrons. The summed E-state index contributed by atoms with van der Waals surface area (Å²) in [5.74, 6) is 0.360. The molecule has 0 fully saturated rings. The van der Waals surface area contributed by atoms with Gasteiger partial charge in [-0.25, -0.2) is 4.39 Å². The first kappa shape index (κ1) is 11.2. The highest BCUT2D eigenvalue weighted by molar-refractivity contribution is 5.16. The van der Waals surface area contributed by atoms with E-state index in [-0.39, 0.29) is 5.82 Å². The SMILES string of the molecule is CCCC(CN)Cc1ccc(F)cc1. The Morgan fingerprint density at radius 1 is 1.29 bits per heavy atom. The predicted molar refractivity (Wildman–Crippen MR) is 57.6 cm³/mol. The molecule has 0 spiro atoms. The van der Waals surface area contributed by atoms with Crippen LogP contribution in [0.4, 0.5) is 4.39 Å². The lowest BCUT2D eigenvalue weighted by molar-refractivity contribution is 0.487. The highest BCUT2D eigenvalue weighted by atomic mass is 19.1. The number of halogens is 1. The van der Waals surface area contributed by atoms with Crippen molar-refractivity contribution in [3.63, 3.8) is 0 Å². The van der Waals surface area contributed by atoms with Crippen molar-refractivity contribution in [2.75, 3.05) is 6.54 Å². The zero-order chi connectivity index (χ0) is 10.4. The molecule has 1 aromatic rings. The lowest BCUT2D eigenvalue weighted by atomic mass is 9.95. The first-order valence-corrected chi connectivity index (χ1v) is 5.20. The molecule has 2 heteroatoms. The van der Waals surface area contributed by atoms with Crippen LogP contribution in [0.15, 0.2) is 24.3 Å². The fourth-order valence-corrected chi connectivity index (χ4v) is 1.67. The summed E-state index contributed by atoms with van der Waals surface area (Å²) in [6.07, 6.45) is 3.27. The summed E-state index contributed by atoms with van der Waals surface area (Å²) in [7, 11) is 0. The minimum atomic E-state index is -0.173. The zero-order valence-corrected chi connectivity index (χ0v) is 8.67. The van der Waals surface area contributed by atoms with Crippen molar-refractivity contribution < 1.29 is 4.39 Å². The van der Waals surface area contributed by atoms with Crippen LogP contribution >= 0.6 is 0 Å². The molecule has 1 unspecified atom stereocenters. The second kappa shape index (κ2) is 5.76. The molecule has 1 rings (SSSR count). The lowest BCUT2D eigenvalue weighted by Gasteiger charge is -2.13. The largest absolute Gasteiger partial charge is 0.330 e. The summed E-state index contributed by atoms with van der Waals surface area (Å²) in [6, 6.07) is 6.70. The highest BCUT2D eigenvalue weighted by Gasteiger charge is 2.06. The molecule has 0 heterocycles. The van der Waals surface area contributed by atoms with Crippen molar-refractivity contribution >= 4 is 0 Å². The van der Waals surface area contributed by atoms with Gasteiger partial charge in [0.2, 0.25) is 0 Å². The van der Waals surface area contributed by atoms with Gasteiger partial charge >= 0.3 is 0 Å². The van der Waals surface area contributed by atoms with Crippen molar-refractivity contribution in [2.24, 2.45) is 11.7 Å². The van der Waals surface area contributed by atoms with E-state index < -0.39 is 0 Å². The summed E-state index contributed by atoms with van der Waals surface area (Å²) >= 11 is 0. The molecule has 0 bridgehead atoms. The normalized spacial score (nSPS) is 12.8. The molecule has 14 heavy (non-hydrogen) atoms. The van der Waals surface area contributed by atoms with Crippen molar-refractivity contribution in [2.45, 2.75) is 26.2 Å². The Bertz CT molecular complexity index is 256. The number of benzene rings is 1. The Hall–Kier alpha value is -0.890. The van der Waals surface area contributed by atoms with Gasteiger partial charge in [0.1, 0.15) is 5.82 Å². The van der Waals surface area contributed by atoms with Crippen molar-refractivity contribution in [3.05, 3.63) is 35.6 Å². The molecular formula is C12H18FN. The third kappa shape index (κ3) is 3.46. The van der Waals surface area contributed by atoms with Crippen LogP contribution in [0.3, 0.4) is 0 Å². The molecule has 0 aliphatic rings. The van der Waals surface area contributed by atoms with Gasteiger partial charge in [0.25, 0.3) is 0 Å². The van der Waals surface area contributed by atoms with Gasteiger partial charge in [-0.05, 0) is 43.0 Å². The average Bonchev–Trinajstić information content (AvgIpc) is 2.20. The number of rotatable bonds is 5. The van der Waals surface area contributed by atoms with Crippen LogP contribution in [0, 0.1) is 11.7 Å². The molecule has 0 aliphatic carbocycles. The number of nitrogens with two attached hydrogens (primary N) is 1. The van der Waals surface area contributed by atoms with Crippen molar-refractivity contribution in [3.8, 4) is 0 Å². The van der Waals surface area contributed by atoms with Gasteiger partial charge in [-0.1, -0.05) is 25.5 Å². The Morgan fingerprint density at radius 3 is 2.43 bits per heavy atom. The molecule has 0 aliphatic heterocycles. The van der Waals surface area contributed by atoms with E-state index in [4.69, 9.17) is 5.73 Å². The smallest absolute Gasteiger partial charge is 0.123 e. The van der Waals surface area contributed by atoms with Crippen LogP contribution in [0.25, 0.3) is 0 Å². The first-order valence-electron chi connectivity index (χ1n) is 5.20. The Kier molecular flexibility index (Phi) is 4.60. The summed E-state index contributed by atoms with van der Waals surface area (Å²) in [5, 5.41) is 0. The summed E-state index contributed by atoms with van der Waals surface area (Å²) in [6.45, 7) is 2.87. The van der Waals surface area contributed by atoms with Gasteiger partial charge in [0.05, 0.1) is 0 Å². The average molecular weight is 195 g/mol.